The van der Waals surface area contributed by atoms with Gasteiger partial charge in [-0.2, -0.15) is 0 Å². The van der Waals surface area contributed by atoms with E-state index >= 15 is 0 Å². The molecule has 0 spiro atoms. The van der Waals surface area contributed by atoms with Crippen molar-refractivity contribution in [1.82, 2.24) is 0 Å². The number of anilines is 2. The minimum absolute atomic E-state index is 0.0553. The highest BCUT2D eigenvalue weighted by Crippen LogP contribution is 2.33. The number of benzene rings is 1. The first-order valence-corrected chi connectivity index (χ1v) is 7.93. The largest absolute Gasteiger partial charge is 0.380 e. The minimum atomic E-state index is 0.0553. The Labute approximate surface area is 124 Å². The molecule has 0 bridgehead atoms. The fourth-order valence-electron chi connectivity index (χ4n) is 1.83. The Kier molecular flexibility index (Phi) is 3.68. The molecule has 6 heteroatoms. The van der Waals surface area contributed by atoms with E-state index in [9.17, 15) is 4.79 Å². The molecule has 98 valence electrons. The number of halogens is 1. The summed E-state index contributed by atoms with van der Waals surface area (Å²) in [5.74, 6) is 0.549. The van der Waals surface area contributed by atoms with Crippen LogP contribution in [0.1, 0.15) is 4.88 Å². The second-order valence-corrected chi connectivity index (χ2v) is 6.92. The topological polar surface area (TPSA) is 41.1 Å². The molecule has 2 heterocycles. The molecular weight excluding hydrogens is 300 g/mol. The van der Waals surface area contributed by atoms with Crippen LogP contribution in [0, 0.1) is 0 Å². The summed E-state index contributed by atoms with van der Waals surface area (Å²) in [6.07, 6.45) is 0. The van der Waals surface area contributed by atoms with Crippen molar-refractivity contribution < 1.29 is 4.79 Å². The third-order valence-corrected chi connectivity index (χ3v) is 5.01. The average molecular weight is 311 g/mol. The van der Waals surface area contributed by atoms with E-state index in [4.69, 9.17) is 11.6 Å². The predicted octanol–water partition coefficient (Wildman–Crippen LogP) is 4.06. The van der Waals surface area contributed by atoms with Crippen molar-refractivity contribution in [2.24, 2.45) is 0 Å². The maximum Gasteiger partial charge on any atom is 0.234 e. The number of rotatable bonds is 3. The lowest BCUT2D eigenvalue weighted by Gasteiger charge is -2.17. The van der Waals surface area contributed by atoms with Crippen molar-refractivity contribution in [2.75, 3.05) is 16.4 Å². The van der Waals surface area contributed by atoms with Gasteiger partial charge < -0.3 is 10.6 Å². The molecule has 19 heavy (non-hydrogen) atoms. The summed E-state index contributed by atoms with van der Waals surface area (Å²) in [6, 6.07) is 9.93. The van der Waals surface area contributed by atoms with E-state index in [-0.39, 0.29) is 5.91 Å². The number of thiophene rings is 1. The number of amides is 1. The Balaban J connectivity index is 1.71. The van der Waals surface area contributed by atoms with Crippen molar-refractivity contribution in [3.8, 4) is 0 Å². The van der Waals surface area contributed by atoms with Crippen LogP contribution in [0.2, 0.25) is 4.34 Å². The molecule has 2 aromatic rings. The first kappa shape index (κ1) is 12.8. The number of hydrogen-bond acceptors (Lipinski definition) is 4. The number of hydrogen-bond donors (Lipinski definition) is 2. The van der Waals surface area contributed by atoms with Gasteiger partial charge in [0.1, 0.15) is 0 Å². The van der Waals surface area contributed by atoms with Crippen molar-refractivity contribution in [3.63, 3.8) is 0 Å². The fourth-order valence-corrected chi connectivity index (χ4v) is 3.64. The molecule has 1 aliphatic rings. The molecule has 1 amide bonds. The Morgan fingerprint density at radius 3 is 3.00 bits per heavy atom. The highest BCUT2D eigenvalue weighted by molar-refractivity contribution is 8.00. The third-order valence-electron chi connectivity index (χ3n) is 2.71. The molecule has 2 N–H and O–H groups in total. The summed E-state index contributed by atoms with van der Waals surface area (Å²) in [5.41, 5.74) is 1.88. The van der Waals surface area contributed by atoms with E-state index in [1.165, 1.54) is 4.88 Å². The smallest absolute Gasteiger partial charge is 0.234 e. The predicted molar refractivity (Wildman–Crippen MR) is 82.5 cm³/mol. The van der Waals surface area contributed by atoms with Crippen LogP contribution in [-0.2, 0) is 11.3 Å². The van der Waals surface area contributed by atoms with Gasteiger partial charge in [0.25, 0.3) is 0 Å². The number of fused-ring (bicyclic) bond motifs is 1. The van der Waals surface area contributed by atoms with Gasteiger partial charge in [-0.3, -0.25) is 4.79 Å². The quantitative estimate of drug-likeness (QED) is 0.898. The third kappa shape index (κ3) is 3.05. The van der Waals surface area contributed by atoms with Crippen molar-refractivity contribution >= 4 is 52.0 Å². The van der Waals surface area contributed by atoms with Gasteiger partial charge in [0.05, 0.1) is 15.8 Å². The average Bonchev–Trinajstić information content (AvgIpc) is 2.81. The van der Waals surface area contributed by atoms with Gasteiger partial charge in [-0.05, 0) is 30.3 Å². The molecule has 1 aromatic heterocycles. The Morgan fingerprint density at radius 1 is 1.32 bits per heavy atom. The number of carbonyl (C=O) groups is 1. The zero-order chi connectivity index (χ0) is 13.2. The summed E-state index contributed by atoms with van der Waals surface area (Å²) >= 11 is 9.03. The van der Waals surface area contributed by atoms with Gasteiger partial charge in [0, 0.05) is 22.0 Å². The molecular formula is C13H11ClN2OS2. The Bertz CT molecular complexity index is 627. The summed E-state index contributed by atoms with van der Waals surface area (Å²) in [7, 11) is 0. The fraction of sp³-hybridized carbons (Fsp3) is 0.154. The molecule has 0 aliphatic carbocycles. The van der Waals surface area contributed by atoms with Crippen LogP contribution in [0.3, 0.4) is 0 Å². The van der Waals surface area contributed by atoms with Crippen LogP contribution < -0.4 is 10.6 Å². The lowest BCUT2D eigenvalue weighted by atomic mass is 10.2. The number of nitrogens with one attached hydrogen (secondary N) is 2. The van der Waals surface area contributed by atoms with Gasteiger partial charge in [-0.1, -0.05) is 11.6 Å². The van der Waals surface area contributed by atoms with Crippen molar-refractivity contribution in [3.05, 3.63) is 39.5 Å². The van der Waals surface area contributed by atoms with Gasteiger partial charge in [0.15, 0.2) is 0 Å². The lowest BCUT2D eigenvalue weighted by Crippen LogP contribution is -2.18. The van der Waals surface area contributed by atoms with E-state index in [1.807, 2.05) is 30.3 Å². The summed E-state index contributed by atoms with van der Waals surface area (Å²) in [6.45, 7) is 0.733. The van der Waals surface area contributed by atoms with Crippen LogP contribution in [0.5, 0.6) is 0 Å². The molecule has 0 atom stereocenters. The first-order valence-electron chi connectivity index (χ1n) is 5.75. The second-order valence-electron chi connectivity index (χ2n) is 4.11. The van der Waals surface area contributed by atoms with Crippen LogP contribution in [0.25, 0.3) is 0 Å². The highest BCUT2D eigenvalue weighted by Gasteiger charge is 2.15. The van der Waals surface area contributed by atoms with E-state index in [0.29, 0.717) is 5.75 Å². The second kappa shape index (κ2) is 5.45. The van der Waals surface area contributed by atoms with E-state index in [2.05, 4.69) is 10.6 Å². The van der Waals surface area contributed by atoms with Gasteiger partial charge in [0.2, 0.25) is 5.91 Å². The number of carbonyl (C=O) groups excluding carboxylic acids is 1. The molecule has 0 saturated heterocycles. The molecule has 0 saturated carbocycles. The zero-order valence-electron chi connectivity index (χ0n) is 9.90. The van der Waals surface area contributed by atoms with Crippen LogP contribution in [0.4, 0.5) is 11.4 Å². The zero-order valence-corrected chi connectivity index (χ0v) is 12.3. The van der Waals surface area contributed by atoms with Gasteiger partial charge in [-0.15, -0.1) is 23.1 Å². The normalized spacial score (nSPS) is 13.8. The van der Waals surface area contributed by atoms with Crippen molar-refractivity contribution in [2.45, 2.75) is 11.4 Å². The SMILES string of the molecule is O=C1CSc2ccc(NCc3ccc(Cl)s3)cc2N1. The van der Waals surface area contributed by atoms with E-state index < -0.39 is 0 Å². The van der Waals surface area contributed by atoms with Crippen LogP contribution in [-0.4, -0.2) is 11.7 Å². The molecule has 0 radical (unpaired) electrons. The number of thioether (sulfide) groups is 1. The first-order chi connectivity index (χ1) is 9.20. The molecule has 0 fully saturated rings. The monoisotopic (exact) mass is 310 g/mol. The summed E-state index contributed by atoms with van der Waals surface area (Å²) in [5, 5.41) is 6.21. The molecule has 1 aliphatic heterocycles. The van der Waals surface area contributed by atoms with Gasteiger partial charge in [-0.25, -0.2) is 0 Å². The van der Waals surface area contributed by atoms with Crippen LogP contribution in [0.15, 0.2) is 35.2 Å². The van der Waals surface area contributed by atoms with Gasteiger partial charge >= 0.3 is 0 Å². The Hall–Kier alpha value is -1.17. The van der Waals surface area contributed by atoms with E-state index in [0.717, 1.165) is 27.2 Å². The summed E-state index contributed by atoms with van der Waals surface area (Å²) in [4.78, 5) is 13.7. The molecule has 3 rings (SSSR count). The minimum Gasteiger partial charge on any atom is -0.380 e. The highest BCUT2D eigenvalue weighted by atomic mass is 35.5. The van der Waals surface area contributed by atoms with Crippen molar-refractivity contribution in [1.29, 1.82) is 0 Å². The molecule has 0 unspecified atom stereocenters. The Morgan fingerprint density at radius 2 is 2.21 bits per heavy atom. The standard InChI is InChI=1S/C13H11ClN2OS2/c14-12-4-2-9(19-12)6-15-8-1-3-11-10(5-8)16-13(17)7-18-11/h1-5,15H,6-7H2,(H,16,17). The maximum absolute atomic E-state index is 11.4. The maximum atomic E-state index is 11.4. The summed E-state index contributed by atoms with van der Waals surface area (Å²) < 4.78 is 0.797. The molecule has 3 nitrogen and oxygen atoms in total. The van der Waals surface area contributed by atoms with E-state index in [1.54, 1.807) is 23.1 Å². The lowest BCUT2D eigenvalue weighted by molar-refractivity contribution is -0.113. The van der Waals surface area contributed by atoms with Crippen LogP contribution >= 0.6 is 34.7 Å². The molecule has 1 aromatic carbocycles.